The van der Waals surface area contributed by atoms with Crippen LogP contribution in [0.4, 0.5) is 11.5 Å². The summed E-state index contributed by atoms with van der Waals surface area (Å²) in [5.74, 6) is 0.986. The molecule has 232 valence electrons. The summed E-state index contributed by atoms with van der Waals surface area (Å²) in [5, 5.41) is 16.3. The van der Waals surface area contributed by atoms with Crippen molar-refractivity contribution in [2.24, 2.45) is 20.3 Å². The van der Waals surface area contributed by atoms with E-state index in [0.717, 1.165) is 57.5 Å². The number of aromatic nitrogens is 1. The molecule has 0 aliphatic carbocycles. The number of piperidine rings is 1. The number of benzene rings is 1. The van der Waals surface area contributed by atoms with E-state index >= 15 is 0 Å². The van der Waals surface area contributed by atoms with Crippen LogP contribution in [0.3, 0.4) is 0 Å². The van der Waals surface area contributed by atoms with Crippen LogP contribution in [-0.2, 0) is 16.8 Å². The molecule has 1 aromatic carbocycles. The van der Waals surface area contributed by atoms with Gasteiger partial charge in [-0.05, 0) is 56.1 Å². The normalized spacial score (nSPS) is 22.9. The molecule has 2 aromatic rings. The van der Waals surface area contributed by atoms with Crippen LogP contribution in [0, 0.1) is 0 Å². The third-order valence-corrected chi connectivity index (χ3v) is 9.53. The van der Waals surface area contributed by atoms with Gasteiger partial charge in [0, 0.05) is 55.9 Å². The van der Waals surface area contributed by atoms with Gasteiger partial charge in [-0.25, -0.2) is 9.71 Å². The van der Waals surface area contributed by atoms with Gasteiger partial charge in [0.2, 0.25) is 0 Å². The van der Waals surface area contributed by atoms with Crippen molar-refractivity contribution in [2.75, 3.05) is 50.0 Å². The lowest BCUT2D eigenvalue weighted by molar-refractivity contribution is 0.0610. The van der Waals surface area contributed by atoms with Gasteiger partial charge in [-0.1, -0.05) is 41.3 Å². The number of anilines is 2. The topological polar surface area (TPSA) is 164 Å². The third kappa shape index (κ3) is 7.15. The first-order valence-electron chi connectivity index (χ1n) is 14.1. The molecule has 1 atom stereocenters. The Morgan fingerprint density at radius 1 is 1.21 bits per heavy atom. The number of nitrogens with one attached hydrogen (secondary N) is 2. The number of amidine groups is 3. The maximum absolute atomic E-state index is 11.8. The van der Waals surface area contributed by atoms with E-state index in [-0.39, 0.29) is 17.5 Å². The molecule has 2 saturated heterocycles. The van der Waals surface area contributed by atoms with Crippen LogP contribution < -0.4 is 20.7 Å². The lowest BCUT2D eigenvalue weighted by Crippen LogP contribution is -2.58. The number of aliphatic imine (C=N–C) groups is 1. The first kappa shape index (κ1) is 31.3. The minimum atomic E-state index is -3.81. The number of hydrogen-bond acceptors (Lipinski definition) is 10. The second-order valence-electron chi connectivity index (χ2n) is 10.8. The van der Waals surface area contributed by atoms with E-state index in [2.05, 4.69) is 51.2 Å². The van der Waals surface area contributed by atoms with Crippen molar-refractivity contribution in [2.45, 2.75) is 44.8 Å². The van der Waals surface area contributed by atoms with Gasteiger partial charge < -0.3 is 21.2 Å². The first-order valence-corrected chi connectivity index (χ1v) is 16.3. The molecule has 1 aromatic heterocycles. The molecule has 0 bridgehead atoms. The Morgan fingerprint density at radius 2 is 1.98 bits per heavy atom. The first-order chi connectivity index (χ1) is 20.6. The maximum Gasteiger partial charge on any atom is 0.345 e. The zero-order chi connectivity index (χ0) is 30.7. The fourth-order valence-electron chi connectivity index (χ4n) is 5.99. The van der Waals surface area contributed by atoms with E-state index in [1.165, 1.54) is 7.05 Å². The van der Waals surface area contributed by atoms with Crippen LogP contribution in [0.25, 0.3) is 0 Å². The number of piperazine rings is 1. The summed E-state index contributed by atoms with van der Waals surface area (Å²) in [5.41, 5.74) is 8.07. The highest BCUT2D eigenvalue weighted by atomic mass is 35.5. The van der Waals surface area contributed by atoms with Gasteiger partial charge in [-0.3, -0.25) is 14.8 Å². The third-order valence-electron chi connectivity index (χ3n) is 8.14. The summed E-state index contributed by atoms with van der Waals surface area (Å²) < 4.78 is 29.5. The van der Waals surface area contributed by atoms with Crippen LogP contribution in [0.2, 0.25) is 10.0 Å². The van der Waals surface area contributed by atoms with E-state index in [9.17, 15) is 13.6 Å². The fraction of sp³-hybridized carbons (Fsp3) is 0.481. The average molecular weight is 652 g/mol. The molecule has 0 spiro atoms. The Bertz CT molecular complexity index is 1540. The van der Waals surface area contributed by atoms with E-state index < -0.39 is 10.2 Å². The van der Waals surface area contributed by atoms with Gasteiger partial charge in [0.25, 0.3) is 0 Å². The van der Waals surface area contributed by atoms with E-state index in [1.54, 1.807) is 18.3 Å². The largest absolute Gasteiger partial charge is 0.409 e. The molecule has 3 aliphatic rings. The predicted octanol–water partition coefficient (Wildman–Crippen LogP) is 2.73. The summed E-state index contributed by atoms with van der Waals surface area (Å²) in [6.45, 7) is 7.34. The SMILES string of the molecule is CCC1CN(c2ncc(NC3=NS(=O)(=O)NC3=NC)cc2Cl)CCN1C1CCN(Cc2ccc(Cl)cc2C(N)=NO)CC1. The number of halogens is 2. The van der Waals surface area contributed by atoms with Crippen molar-refractivity contribution < 1.29 is 13.6 Å². The minimum Gasteiger partial charge on any atom is -0.409 e. The maximum atomic E-state index is 11.8. The second-order valence-corrected chi connectivity index (χ2v) is 13.0. The number of oxime groups is 1. The Balaban J connectivity index is 1.19. The molecule has 5 rings (SSSR count). The van der Waals surface area contributed by atoms with Crippen LogP contribution in [0.1, 0.15) is 37.3 Å². The number of likely N-dealkylation sites (tertiary alicyclic amines) is 1. The van der Waals surface area contributed by atoms with Crippen molar-refractivity contribution >= 4 is 62.4 Å². The van der Waals surface area contributed by atoms with Gasteiger partial charge in [0.05, 0.1) is 16.9 Å². The van der Waals surface area contributed by atoms with Crippen LogP contribution in [0.15, 0.2) is 45.0 Å². The standard InChI is InChI=1S/C27H36Cl2N10O3S/c1-3-20-16-38(27-23(29)13-19(14-32-27)33-26-25(31-2)35-43(41,42)36-26)10-11-39(20)21-6-8-37(9-7-21)15-17-4-5-18(28)12-22(17)24(30)34-40/h4-5,12-14,20-21,40H,3,6-11,15-16H2,1-2H3,(H2,30,34)(H,31,35)(H,33,36). The summed E-state index contributed by atoms with van der Waals surface area (Å²) in [7, 11) is -2.33. The van der Waals surface area contributed by atoms with Crippen molar-refractivity contribution in [3.05, 3.63) is 51.6 Å². The van der Waals surface area contributed by atoms with Gasteiger partial charge >= 0.3 is 10.2 Å². The summed E-state index contributed by atoms with van der Waals surface area (Å²) in [4.78, 5) is 15.8. The molecule has 0 amide bonds. The molecule has 0 saturated carbocycles. The molecule has 1 unspecified atom stereocenters. The minimum absolute atomic E-state index is 0.0626. The molecule has 3 aliphatic heterocycles. The Hall–Kier alpha value is -3.17. The monoisotopic (exact) mass is 650 g/mol. The van der Waals surface area contributed by atoms with E-state index in [1.807, 2.05) is 12.1 Å². The van der Waals surface area contributed by atoms with Crippen LogP contribution >= 0.6 is 23.2 Å². The number of nitrogens with zero attached hydrogens (tertiary/aromatic N) is 7. The highest BCUT2D eigenvalue weighted by molar-refractivity contribution is 7.89. The number of rotatable bonds is 7. The molecule has 5 N–H and O–H groups in total. The van der Waals surface area contributed by atoms with E-state index in [4.69, 9.17) is 28.9 Å². The Morgan fingerprint density at radius 3 is 2.65 bits per heavy atom. The van der Waals surface area contributed by atoms with Gasteiger partial charge in [-0.2, -0.15) is 8.42 Å². The lowest BCUT2D eigenvalue weighted by Gasteiger charge is -2.47. The average Bonchev–Trinajstić information content (AvgIpc) is 3.30. The molecule has 43 heavy (non-hydrogen) atoms. The fourth-order valence-corrected chi connectivity index (χ4v) is 7.30. The molecule has 4 heterocycles. The lowest BCUT2D eigenvalue weighted by atomic mass is 9.97. The predicted molar refractivity (Wildman–Crippen MR) is 171 cm³/mol. The summed E-state index contributed by atoms with van der Waals surface area (Å²) in [6, 6.07) is 8.08. The number of pyridine rings is 1. The molecular weight excluding hydrogens is 615 g/mol. The zero-order valence-corrected chi connectivity index (χ0v) is 26.4. The van der Waals surface area contributed by atoms with Crippen molar-refractivity contribution in [1.29, 1.82) is 0 Å². The van der Waals surface area contributed by atoms with Crippen LogP contribution in [-0.4, -0.2) is 97.8 Å². The molecule has 0 radical (unpaired) electrons. The second kappa shape index (κ2) is 13.2. The van der Waals surface area contributed by atoms with Gasteiger partial charge in [0.15, 0.2) is 17.5 Å². The van der Waals surface area contributed by atoms with Crippen LogP contribution in [0.5, 0.6) is 0 Å². The molecular formula is C27H36Cl2N10O3S. The molecule has 13 nitrogen and oxygen atoms in total. The summed E-state index contributed by atoms with van der Waals surface area (Å²) in [6.07, 6.45) is 4.74. The summed E-state index contributed by atoms with van der Waals surface area (Å²) >= 11 is 12.8. The molecule has 16 heteroatoms. The number of nitrogens with two attached hydrogens (primary N) is 1. The van der Waals surface area contributed by atoms with E-state index in [0.29, 0.717) is 45.7 Å². The Labute approximate surface area is 261 Å². The van der Waals surface area contributed by atoms with Crippen molar-refractivity contribution in [3.63, 3.8) is 0 Å². The number of hydrogen-bond donors (Lipinski definition) is 4. The smallest absolute Gasteiger partial charge is 0.345 e. The van der Waals surface area contributed by atoms with Crippen molar-refractivity contribution in [1.82, 2.24) is 19.5 Å². The van der Waals surface area contributed by atoms with Gasteiger partial charge in [0.1, 0.15) is 5.82 Å². The quantitative estimate of drug-likeness (QED) is 0.153. The highest BCUT2D eigenvalue weighted by Crippen LogP contribution is 2.31. The van der Waals surface area contributed by atoms with Crippen molar-refractivity contribution in [3.8, 4) is 0 Å². The zero-order valence-electron chi connectivity index (χ0n) is 24.0. The van der Waals surface area contributed by atoms with Gasteiger partial charge in [-0.15, -0.1) is 4.40 Å². The highest BCUT2D eigenvalue weighted by Gasteiger charge is 2.34. The Kier molecular flexibility index (Phi) is 9.61. The molecule has 2 fully saturated rings.